The summed E-state index contributed by atoms with van der Waals surface area (Å²) in [6, 6.07) is 7.34. The first-order valence-electron chi connectivity index (χ1n) is 8.28. The van der Waals surface area contributed by atoms with Crippen molar-refractivity contribution in [2.24, 2.45) is 10.2 Å². The summed E-state index contributed by atoms with van der Waals surface area (Å²) in [5.41, 5.74) is 1.66. The van der Waals surface area contributed by atoms with E-state index in [9.17, 15) is 20.1 Å². The van der Waals surface area contributed by atoms with Gasteiger partial charge in [-0.05, 0) is 32.9 Å². The van der Waals surface area contributed by atoms with Crippen molar-refractivity contribution in [3.63, 3.8) is 0 Å². The van der Waals surface area contributed by atoms with Gasteiger partial charge in [-0.15, -0.1) is 5.11 Å². The Kier molecular flexibility index (Phi) is 5.05. The molecule has 0 saturated carbocycles. The van der Waals surface area contributed by atoms with Gasteiger partial charge in [0.25, 0.3) is 5.56 Å². The highest BCUT2D eigenvalue weighted by Gasteiger charge is 2.43. The molecule has 1 aromatic heterocycles. The third-order valence-corrected chi connectivity index (χ3v) is 4.45. The van der Waals surface area contributed by atoms with E-state index >= 15 is 0 Å². The van der Waals surface area contributed by atoms with Gasteiger partial charge in [-0.3, -0.25) is 9.89 Å². The van der Waals surface area contributed by atoms with Crippen molar-refractivity contribution in [3.8, 4) is 0 Å². The maximum Gasteiger partial charge on any atom is 0.297 e. The highest BCUT2D eigenvalue weighted by Crippen LogP contribution is 2.28. The molecule has 1 unspecified atom stereocenters. The van der Waals surface area contributed by atoms with Crippen molar-refractivity contribution in [1.82, 2.24) is 9.78 Å². The summed E-state index contributed by atoms with van der Waals surface area (Å²) in [6.07, 6.45) is -6.08. The molecule has 0 radical (unpaired) electrons. The van der Waals surface area contributed by atoms with Gasteiger partial charge in [0.05, 0.1) is 17.5 Å². The van der Waals surface area contributed by atoms with Crippen molar-refractivity contribution in [3.05, 3.63) is 45.9 Å². The summed E-state index contributed by atoms with van der Waals surface area (Å²) >= 11 is 0. The molecule has 1 aliphatic rings. The van der Waals surface area contributed by atoms with Crippen LogP contribution in [-0.2, 0) is 4.74 Å². The lowest BCUT2D eigenvalue weighted by Crippen LogP contribution is -2.55. The number of aliphatic hydroxyl groups excluding tert-OH is 3. The van der Waals surface area contributed by atoms with Gasteiger partial charge in [-0.25, -0.2) is 4.68 Å². The van der Waals surface area contributed by atoms with Gasteiger partial charge in [-0.1, -0.05) is 17.7 Å². The minimum Gasteiger partial charge on any atom is -0.388 e. The van der Waals surface area contributed by atoms with E-state index in [2.05, 4.69) is 15.3 Å². The predicted molar refractivity (Wildman–Crippen MR) is 92.7 cm³/mol. The van der Waals surface area contributed by atoms with E-state index in [0.29, 0.717) is 11.4 Å². The Morgan fingerprint density at radius 2 is 1.69 bits per heavy atom. The number of azo groups is 1. The van der Waals surface area contributed by atoms with E-state index < -0.39 is 36.2 Å². The Balaban J connectivity index is 1.91. The molecule has 9 nitrogen and oxygen atoms in total. The molecule has 26 heavy (non-hydrogen) atoms. The molecule has 1 aliphatic heterocycles. The number of H-pyrrole nitrogens is 1. The third kappa shape index (κ3) is 3.34. The van der Waals surface area contributed by atoms with Crippen molar-refractivity contribution >= 4 is 11.4 Å². The number of aromatic nitrogens is 2. The topological polar surface area (TPSA) is 132 Å². The van der Waals surface area contributed by atoms with Crippen LogP contribution in [0.2, 0.25) is 0 Å². The normalized spacial score (nSPS) is 29.4. The van der Waals surface area contributed by atoms with Crippen LogP contribution in [0.1, 0.15) is 24.4 Å². The lowest BCUT2D eigenvalue weighted by Gasteiger charge is -2.39. The second-order valence-electron chi connectivity index (χ2n) is 6.50. The van der Waals surface area contributed by atoms with E-state index in [1.807, 2.05) is 19.1 Å². The smallest absolute Gasteiger partial charge is 0.297 e. The van der Waals surface area contributed by atoms with Crippen LogP contribution in [-0.4, -0.2) is 49.5 Å². The number of rotatable bonds is 3. The summed E-state index contributed by atoms with van der Waals surface area (Å²) < 4.78 is 6.54. The summed E-state index contributed by atoms with van der Waals surface area (Å²) in [6.45, 7) is 5.15. The molecule has 2 aromatic rings. The Labute approximate surface area is 149 Å². The number of hydrogen-bond acceptors (Lipinski definition) is 7. The molecule has 4 N–H and O–H groups in total. The quantitative estimate of drug-likeness (QED) is 0.609. The maximum absolute atomic E-state index is 12.6. The molecular formula is C17H22N4O5. The number of ether oxygens (including phenoxy) is 1. The zero-order valence-electron chi connectivity index (χ0n) is 14.7. The number of aliphatic hydroxyl groups is 3. The Morgan fingerprint density at radius 1 is 1.04 bits per heavy atom. The van der Waals surface area contributed by atoms with Crippen LogP contribution in [0.5, 0.6) is 0 Å². The molecule has 0 spiro atoms. The summed E-state index contributed by atoms with van der Waals surface area (Å²) in [7, 11) is 0. The zero-order valence-corrected chi connectivity index (χ0v) is 14.7. The van der Waals surface area contributed by atoms with Crippen LogP contribution in [0.25, 0.3) is 0 Å². The lowest BCUT2D eigenvalue weighted by atomic mass is 9.99. The minimum atomic E-state index is -1.47. The standard InChI is InChI=1S/C17H22N4O5/c1-8-4-6-11(7-5-8)18-19-12-9(2)20-21(16(12)25)17-15(24)14(23)13(22)10(3)26-17/h4-7,10,13-15,17,20,22-24H,1-3H3/t10-,13+,14+,15-,17?/m0/s1. The minimum absolute atomic E-state index is 0.0784. The molecule has 9 heteroatoms. The van der Waals surface area contributed by atoms with Crippen molar-refractivity contribution in [2.45, 2.75) is 51.4 Å². The van der Waals surface area contributed by atoms with E-state index in [1.54, 1.807) is 26.0 Å². The molecule has 2 heterocycles. The fraction of sp³-hybridized carbons (Fsp3) is 0.471. The summed E-state index contributed by atoms with van der Waals surface area (Å²) in [4.78, 5) is 12.6. The van der Waals surface area contributed by atoms with Crippen molar-refractivity contribution in [1.29, 1.82) is 0 Å². The monoisotopic (exact) mass is 362 g/mol. The molecule has 0 amide bonds. The molecule has 3 rings (SSSR count). The number of aromatic amines is 1. The van der Waals surface area contributed by atoms with Crippen LogP contribution in [0.4, 0.5) is 11.4 Å². The average Bonchev–Trinajstić information content (AvgIpc) is 2.90. The van der Waals surface area contributed by atoms with Crippen molar-refractivity contribution in [2.75, 3.05) is 0 Å². The first kappa shape index (κ1) is 18.5. The van der Waals surface area contributed by atoms with E-state index in [-0.39, 0.29) is 5.69 Å². The van der Waals surface area contributed by atoms with Gasteiger partial charge in [-0.2, -0.15) is 5.11 Å². The third-order valence-electron chi connectivity index (χ3n) is 4.45. The van der Waals surface area contributed by atoms with Gasteiger partial charge < -0.3 is 20.1 Å². The largest absolute Gasteiger partial charge is 0.388 e. The van der Waals surface area contributed by atoms with Crippen LogP contribution in [0.15, 0.2) is 39.3 Å². The average molecular weight is 362 g/mol. The fourth-order valence-electron chi connectivity index (χ4n) is 2.82. The van der Waals surface area contributed by atoms with Crippen LogP contribution in [0, 0.1) is 13.8 Å². The number of aryl methyl sites for hydroxylation is 2. The van der Waals surface area contributed by atoms with Gasteiger partial charge in [0.2, 0.25) is 0 Å². The van der Waals surface area contributed by atoms with Crippen LogP contribution in [0.3, 0.4) is 0 Å². The molecule has 5 atom stereocenters. The molecule has 140 valence electrons. The Bertz CT molecular complexity index is 857. The van der Waals surface area contributed by atoms with Gasteiger partial charge in [0.1, 0.15) is 18.3 Å². The van der Waals surface area contributed by atoms with Crippen LogP contribution >= 0.6 is 0 Å². The second kappa shape index (κ2) is 7.12. The lowest BCUT2D eigenvalue weighted by molar-refractivity contribution is -0.243. The highest BCUT2D eigenvalue weighted by atomic mass is 16.5. The van der Waals surface area contributed by atoms with Crippen LogP contribution < -0.4 is 5.56 Å². The number of benzene rings is 1. The highest BCUT2D eigenvalue weighted by molar-refractivity contribution is 5.42. The first-order valence-corrected chi connectivity index (χ1v) is 8.28. The number of nitrogens with zero attached hydrogens (tertiary/aromatic N) is 3. The van der Waals surface area contributed by atoms with Gasteiger partial charge in [0, 0.05) is 0 Å². The SMILES string of the molecule is Cc1ccc(N=Nc2c(C)[nH]n(C3O[C@@H](C)[C@@H](O)[C@@H](O)[C@@H]3O)c2=O)cc1. The van der Waals surface area contributed by atoms with Gasteiger partial charge >= 0.3 is 0 Å². The molecular weight excluding hydrogens is 340 g/mol. The van der Waals surface area contributed by atoms with E-state index in [0.717, 1.165) is 10.2 Å². The molecule has 0 bridgehead atoms. The second-order valence-corrected chi connectivity index (χ2v) is 6.50. The zero-order chi connectivity index (χ0) is 19.0. The molecule has 1 fully saturated rings. The Hall–Kier alpha value is -2.33. The number of hydrogen-bond donors (Lipinski definition) is 4. The molecule has 0 aliphatic carbocycles. The first-order chi connectivity index (χ1) is 12.3. The van der Waals surface area contributed by atoms with Gasteiger partial charge in [0.15, 0.2) is 11.9 Å². The number of nitrogens with one attached hydrogen (secondary N) is 1. The molecule has 1 saturated heterocycles. The Morgan fingerprint density at radius 3 is 2.35 bits per heavy atom. The van der Waals surface area contributed by atoms with Crippen molar-refractivity contribution < 1.29 is 20.1 Å². The maximum atomic E-state index is 12.6. The summed E-state index contributed by atoms with van der Waals surface area (Å²) in [5.74, 6) is 0. The summed E-state index contributed by atoms with van der Waals surface area (Å²) in [5, 5.41) is 40.7. The van der Waals surface area contributed by atoms with E-state index in [1.165, 1.54) is 0 Å². The van der Waals surface area contributed by atoms with E-state index in [4.69, 9.17) is 4.74 Å². The molecule has 1 aromatic carbocycles. The fourth-order valence-corrected chi connectivity index (χ4v) is 2.82. The predicted octanol–water partition coefficient (Wildman–Crippen LogP) is 1.21.